The van der Waals surface area contributed by atoms with Crippen molar-refractivity contribution in [2.24, 2.45) is 0 Å². The van der Waals surface area contributed by atoms with Crippen LogP contribution in [0, 0.1) is 0 Å². The lowest BCUT2D eigenvalue weighted by atomic mass is 10.1. The van der Waals surface area contributed by atoms with Crippen LogP contribution in [0.1, 0.15) is 24.0 Å². The summed E-state index contributed by atoms with van der Waals surface area (Å²) in [7, 11) is 3.44. The molecule has 0 aliphatic rings. The first kappa shape index (κ1) is 18.0. The molecule has 0 aliphatic carbocycles. The first-order valence-corrected chi connectivity index (χ1v) is 8.76. The Hall–Kier alpha value is -2.34. The van der Waals surface area contributed by atoms with Gasteiger partial charge in [0.25, 0.3) is 0 Å². The van der Waals surface area contributed by atoms with Gasteiger partial charge < -0.3 is 15.5 Å². The molecule has 0 aliphatic heterocycles. The maximum Gasteiger partial charge on any atom is 0.319 e. The van der Waals surface area contributed by atoms with E-state index in [1.165, 1.54) is 5.56 Å². The summed E-state index contributed by atoms with van der Waals surface area (Å²) in [4.78, 5) is 25.6. The van der Waals surface area contributed by atoms with Crippen LogP contribution in [-0.4, -0.2) is 37.5 Å². The number of likely N-dealkylation sites (N-methyl/N-ethyl adjacent to an activating group) is 1. The van der Waals surface area contributed by atoms with Crippen LogP contribution in [0.15, 0.2) is 41.1 Å². The molecule has 0 spiro atoms. The number of carbonyl (C=O) groups is 2. The van der Waals surface area contributed by atoms with Gasteiger partial charge >= 0.3 is 6.03 Å². The van der Waals surface area contributed by atoms with Crippen LogP contribution in [0.3, 0.4) is 0 Å². The van der Waals surface area contributed by atoms with Crippen LogP contribution >= 0.6 is 11.3 Å². The second kappa shape index (κ2) is 8.49. The molecule has 5 nitrogen and oxygen atoms in total. The van der Waals surface area contributed by atoms with Crippen molar-refractivity contribution in [1.29, 1.82) is 0 Å². The number of hydrogen-bond acceptors (Lipinski definition) is 3. The Bertz CT molecular complexity index is 683. The van der Waals surface area contributed by atoms with Crippen LogP contribution in [0.25, 0.3) is 0 Å². The van der Waals surface area contributed by atoms with Crippen molar-refractivity contribution in [3.8, 4) is 0 Å². The van der Waals surface area contributed by atoms with Gasteiger partial charge in [-0.05, 0) is 39.9 Å². The second-order valence-corrected chi connectivity index (χ2v) is 6.69. The van der Waals surface area contributed by atoms with Gasteiger partial charge in [-0.3, -0.25) is 4.79 Å². The van der Waals surface area contributed by atoms with E-state index in [1.54, 1.807) is 36.4 Å². The third-order valence-electron chi connectivity index (χ3n) is 3.79. The maximum absolute atomic E-state index is 12.1. The van der Waals surface area contributed by atoms with Crippen LogP contribution in [-0.2, 0) is 11.2 Å². The molecule has 128 valence electrons. The Balaban J connectivity index is 1.93. The van der Waals surface area contributed by atoms with Gasteiger partial charge in [-0.25, -0.2) is 4.79 Å². The number of nitrogens with one attached hydrogen (secondary N) is 2. The number of rotatable bonds is 6. The zero-order valence-electron chi connectivity index (χ0n) is 14.2. The lowest BCUT2D eigenvalue weighted by Crippen LogP contribution is -2.32. The number of benzene rings is 1. The van der Waals surface area contributed by atoms with Gasteiger partial charge in [0.2, 0.25) is 5.91 Å². The molecule has 0 saturated heterocycles. The number of urea groups is 1. The van der Waals surface area contributed by atoms with Crippen LogP contribution < -0.4 is 10.6 Å². The first-order valence-electron chi connectivity index (χ1n) is 7.82. The van der Waals surface area contributed by atoms with E-state index in [1.807, 2.05) is 23.6 Å². The highest BCUT2D eigenvalue weighted by Crippen LogP contribution is 2.18. The van der Waals surface area contributed by atoms with Gasteiger partial charge in [-0.15, -0.1) is 0 Å². The van der Waals surface area contributed by atoms with Crippen molar-refractivity contribution < 1.29 is 9.59 Å². The van der Waals surface area contributed by atoms with Gasteiger partial charge in [0, 0.05) is 26.3 Å². The van der Waals surface area contributed by atoms with Crippen molar-refractivity contribution in [3.05, 3.63) is 52.2 Å². The highest BCUT2D eigenvalue weighted by atomic mass is 32.1. The average molecular weight is 345 g/mol. The average Bonchev–Trinajstić information content (AvgIpc) is 3.09. The Morgan fingerprint density at radius 2 is 1.96 bits per heavy atom. The topological polar surface area (TPSA) is 61.4 Å². The normalized spacial score (nSPS) is 11.6. The number of nitrogens with zero attached hydrogens (tertiary/aromatic N) is 1. The molecule has 0 unspecified atom stereocenters. The third-order valence-corrected chi connectivity index (χ3v) is 4.49. The predicted molar refractivity (Wildman–Crippen MR) is 98.6 cm³/mol. The zero-order chi connectivity index (χ0) is 17.5. The molecule has 1 heterocycles. The van der Waals surface area contributed by atoms with Crippen LogP contribution in [0.2, 0.25) is 0 Å². The molecule has 0 bridgehead atoms. The Morgan fingerprint density at radius 3 is 2.62 bits per heavy atom. The minimum Gasteiger partial charge on any atom is -0.349 e. The van der Waals surface area contributed by atoms with E-state index in [9.17, 15) is 9.59 Å². The van der Waals surface area contributed by atoms with E-state index in [2.05, 4.69) is 29.0 Å². The number of amides is 3. The Labute approximate surface area is 146 Å². The fourth-order valence-corrected chi connectivity index (χ4v) is 2.99. The summed E-state index contributed by atoms with van der Waals surface area (Å²) in [6.07, 6.45) is 0.259. The number of anilines is 1. The molecule has 3 amide bonds. The summed E-state index contributed by atoms with van der Waals surface area (Å²) in [5.41, 5.74) is 2.68. The standard InChI is InChI=1S/C18H23N3O2S/c1-13(15-8-9-24-12-15)11-19-18(23)20-16-7-5-4-6-14(16)10-17(22)21(2)3/h4-9,12-13H,10-11H2,1-3H3,(H2,19,20,23)/t13-/m1/s1. The van der Waals surface area contributed by atoms with E-state index >= 15 is 0 Å². The highest BCUT2D eigenvalue weighted by molar-refractivity contribution is 7.07. The molecule has 1 atom stereocenters. The molecule has 1 aromatic carbocycles. The fraction of sp³-hybridized carbons (Fsp3) is 0.333. The third kappa shape index (κ3) is 5.09. The van der Waals surface area contributed by atoms with E-state index in [-0.39, 0.29) is 24.3 Å². The fourth-order valence-electron chi connectivity index (χ4n) is 2.20. The summed E-state index contributed by atoms with van der Waals surface area (Å²) >= 11 is 1.65. The van der Waals surface area contributed by atoms with Crippen molar-refractivity contribution in [1.82, 2.24) is 10.2 Å². The van der Waals surface area contributed by atoms with Crippen LogP contribution in [0.4, 0.5) is 10.5 Å². The quantitative estimate of drug-likeness (QED) is 0.844. The summed E-state index contributed by atoms with van der Waals surface area (Å²) in [6.45, 7) is 2.63. The largest absolute Gasteiger partial charge is 0.349 e. The Kier molecular flexibility index (Phi) is 6.37. The molecular formula is C18H23N3O2S. The maximum atomic E-state index is 12.1. The summed E-state index contributed by atoms with van der Waals surface area (Å²) in [5, 5.41) is 9.84. The highest BCUT2D eigenvalue weighted by Gasteiger charge is 2.12. The van der Waals surface area contributed by atoms with Gasteiger partial charge in [0.15, 0.2) is 0 Å². The molecule has 2 aromatic rings. The summed E-state index contributed by atoms with van der Waals surface area (Å²) in [6, 6.07) is 9.16. The zero-order valence-corrected chi connectivity index (χ0v) is 15.0. The lowest BCUT2D eigenvalue weighted by molar-refractivity contribution is -0.127. The molecule has 2 N–H and O–H groups in total. The smallest absolute Gasteiger partial charge is 0.319 e. The molecule has 0 fully saturated rings. The van der Waals surface area contributed by atoms with Gasteiger partial charge in [-0.2, -0.15) is 11.3 Å². The molecule has 0 saturated carbocycles. The minimum absolute atomic E-state index is 0.00395. The van der Waals surface area contributed by atoms with Gasteiger partial charge in [0.1, 0.15) is 0 Å². The molecule has 2 rings (SSSR count). The van der Waals surface area contributed by atoms with Gasteiger partial charge in [-0.1, -0.05) is 25.1 Å². The van der Waals surface area contributed by atoms with E-state index in [0.717, 1.165) is 5.56 Å². The van der Waals surface area contributed by atoms with Crippen molar-refractivity contribution >= 4 is 29.0 Å². The SMILES string of the molecule is C[C@H](CNC(=O)Nc1ccccc1CC(=O)N(C)C)c1ccsc1. The van der Waals surface area contributed by atoms with Crippen molar-refractivity contribution in [3.63, 3.8) is 0 Å². The number of thiophene rings is 1. The van der Waals surface area contributed by atoms with Crippen LogP contribution in [0.5, 0.6) is 0 Å². The van der Waals surface area contributed by atoms with E-state index in [0.29, 0.717) is 12.2 Å². The molecule has 6 heteroatoms. The van der Waals surface area contributed by atoms with Gasteiger partial charge in [0.05, 0.1) is 6.42 Å². The predicted octanol–water partition coefficient (Wildman–Crippen LogP) is 3.30. The summed E-state index contributed by atoms with van der Waals surface area (Å²) < 4.78 is 0. The monoisotopic (exact) mass is 345 g/mol. The van der Waals surface area contributed by atoms with Crippen molar-refractivity contribution in [2.75, 3.05) is 26.0 Å². The molecule has 0 radical (unpaired) electrons. The second-order valence-electron chi connectivity index (χ2n) is 5.91. The molecule has 24 heavy (non-hydrogen) atoms. The van der Waals surface area contributed by atoms with E-state index in [4.69, 9.17) is 0 Å². The minimum atomic E-state index is -0.262. The molecule has 1 aromatic heterocycles. The lowest BCUT2D eigenvalue weighted by Gasteiger charge is -2.15. The Morgan fingerprint density at radius 1 is 1.21 bits per heavy atom. The van der Waals surface area contributed by atoms with E-state index < -0.39 is 0 Å². The number of hydrogen-bond donors (Lipinski definition) is 2. The first-order chi connectivity index (χ1) is 11.5. The number of carbonyl (C=O) groups excluding carboxylic acids is 2. The summed E-state index contributed by atoms with van der Waals surface area (Å²) in [5.74, 6) is 0.253. The molecular weight excluding hydrogens is 322 g/mol. The number of para-hydroxylation sites is 1. The van der Waals surface area contributed by atoms with Crippen molar-refractivity contribution in [2.45, 2.75) is 19.3 Å².